The molecule has 0 radical (unpaired) electrons. The van der Waals surface area contributed by atoms with Crippen LogP contribution in [0.25, 0.3) is 10.9 Å². The van der Waals surface area contributed by atoms with Gasteiger partial charge < -0.3 is 24.8 Å². The van der Waals surface area contributed by atoms with E-state index in [4.69, 9.17) is 10.00 Å². The molecule has 0 unspecified atom stereocenters. The molecule has 0 atom stereocenters. The number of amides is 3. The van der Waals surface area contributed by atoms with Gasteiger partial charge in [-0.3, -0.25) is 4.79 Å². The Balaban J connectivity index is 1.50. The molecule has 0 saturated heterocycles. The number of nitrogens with zero attached hydrogens (tertiary/aromatic N) is 3. The van der Waals surface area contributed by atoms with Gasteiger partial charge in [0.2, 0.25) is 5.91 Å². The molecule has 0 aliphatic carbocycles. The van der Waals surface area contributed by atoms with Gasteiger partial charge in [0.25, 0.3) is 0 Å². The van der Waals surface area contributed by atoms with Gasteiger partial charge >= 0.3 is 6.03 Å². The number of para-hydroxylation sites is 1. The number of ether oxygens (including phenoxy) is 1. The predicted molar refractivity (Wildman–Crippen MR) is 147 cm³/mol. The molecule has 0 aliphatic heterocycles. The second-order valence-corrected chi connectivity index (χ2v) is 9.08. The zero-order chi connectivity index (χ0) is 27.6. The number of aromatic nitrogens is 1. The van der Waals surface area contributed by atoms with E-state index in [-0.39, 0.29) is 38.0 Å². The highest BCUT2D eigenvalue weighted by atomic mass is 19.1. The van der Waals surface area contributed by atoms with E-state index in [0.717, 1.165) is 22.0 Å². The van der Waals surface area contributed by atoms with E-state index in [9.17, 15) is 14.0 Å². The summed E-state index contributed by atoms with van der Waals surface area (Å²) in [5.41, 5.74) is 3.88. The Morgan fingerprint density at radius 1 is 1.00 bits per heavy atom. The van der Waals surface area contributed by atoms with Crippen LogP contribution in [0.2, 0.25) is 0 Å². The van der Waals surface area contributed by atoms with Crippen molar-refractivity contribution in [1.29, 1.82) is 5.26 Å². The van der Waals surface area contributed by atoms with Crippen LogP contribution in [0.1, 0.15) is 16.7 Å². The van der Waals surface area contributed by atoms with Gasteiger partial charge in [0.15, 0.2) is 0 Å². The number of aromatic amines is 1. The number of hydrogen-bond acceptors (Lipinski definition) is 4. The van der Waals surface area contributed by atoms with Gasteiger partial charge in [0, 0.05) is 49.5 Å². The smallest absolute Gasteiger partial charge is 0.322 e. The molecule has 39 heavy (non-hydrogen) atoms. The molecule has 4 rings (SSSR count). The molecule has 0 bridgehead atoms. The summed E-state index contributed by atoms with van der Waals surface area (Å²) >= 11 is 0. The highest BCUT2D eigenvalue weighted by Crippen LogP contribution is 2.19. The van der Waals surface area contributed by atoms with E-state index >= 15 is 0 Å². The number of nitriles is 1. The van der Waals surface area contributed by atoms with E-state index in [1.54, 1.807) is 41.3 Å². The minimum atomic E-state index is -0.455. The number of fused-ring (bicyclic) bond motifs is 1. The molecule has 3 aromatic carbocycles. The molecule has 2 N–H and O–H groups in total. The van der Waals surface area contributed by atoms with Crippen LogP contribution in [0.4, 0.5) is 14.9 Å². The number of nitrogens with one attached hydrogen (secondary N) is 2. The lowest BCUT2D eigenvalue weighted by Crippen LogP contribution is -2.46. The summed E-state index contributed by atoms with van der Waals surface area (Å²) < 4.78 is 18.7. The summed E-state index contributed by atoms with van der Waals surface area (Å²) in [5, 5.41) is 12.9. The largest absolute Gasteiger partial charge is 0.383 e. The fourth-order valence-corrected chi connectivity index (χ4v) is 4.24. The SMILES string of the molecule is COCCN(CC(=O)N(CCc1c[nH]c2ccccc12)Cc1ccc(F)cc1)C(=O)Nc1ccc(C#N)cc1. The van der Waals surface area contributed by atoms with E-state index in [1.807, 2.05) is 36.5 Å². The zero-order valence-corrected chi connectivity index (χ0v) is 21.7. The van der Waals surface area contributed by atoms with Crippen molar-refractivity contribution in [2.24, 2.45) is 0 Å². The number of hydrogen-bond donors (Lipinski definition) is 2. The molecule has 200 valence electrons. The van der Waals surface area contributed by atoms with E-state index < -0.39 is 6.03 Å². The van der Waals surface area contributed by atoms with Crippen molar-refractivity contribution in [3.05, 3.63) is 102 Å². The highest BCUT2D eigenvalue weighted by molar-refractivity contribution is 5.92. The van der Waals surface area contributed by atoms with Crippen molar-refractivity contribution >= 4 is 28.5 Å². The average molecular weight is 528 g/mol. The minimum absolute atomic E-state index is 0.166. The number of urea groups is 1. The molecule has 0 saturated carbocycles. The molecule has 4 aromatic rings. The first-order chi connectivity index (χ1) is 19.0. The molecule has 9 heteroatoms. The molecule has 1 aromatic heterocycles. The topological polar surface area (TPSA) is 101 Å². The quantitative estimate of drug-likeness (QED) is 0.289. The van der Waals surface area contributed by atoms with Crippen LogP contribution in [0.15, 0.2) is 79.0 Å². The standard InChI is InChI=1S/C30H30FN5O3/c1-39-17-16-36(30(38)34-26-12-8-22(18-32)9-13-26)21-29(37)35(20-23-6-10-25(31)11-7-23)15-14-24-19-33-28-5-3-2-4-27(24)28/h2-13,19,33H,14-17,20-21H2,1H3,(H,34,38). The fourth-order valence-electron chi connectivity index (χ4n) is 4.24. The Hall–Kier alpha value is -4.68. The molecule has 3 amide bonds. The summed E-state index contributed by atoms with van der Waals surface area (Å²) in [6.45, 7) is 0.976. The summed E-state index contributed by atoms with van der Waals surface area (Å²) in [6.07, 6.45) is 2.55. The van der Waals surface area contributed by atoms with E-state index in [2.05, 4.69) is 10.3 Å². The van der Waals surface area contributed by atoms with Crippen LogP contribution in [0, 0.1) is 17.1 Å². The zero-order valence-electron chi connectivity index (χ0n) is 21.7. The van der Waals surface area contributed by atoms with Crippen molar-refractivity contribution in [1.82, 2.24) is 14.8 Å². The third-order valence-corrected chi connectivity index (χ3v) is 6.41. The fraction of sp³-hybridized carbons (Fsp3) is 0.233. The van der Waals surface area contributed by atoms with Crippen molar-refractivity contribution in [3.63, 3.8) is 0 Å². The molecule has 1 heterocycles. The normalized spacial score (nSPS) is 10.7. The first-order valence-corrected chi connectivity index (χ1v) is 12.6. The Labute approximate surface area is 226 Å². The lowest BCUT2D eigenvalue weighted by molar-refractivity contribution is -0.132. The number of halogens is 1. The van der Waals surface area contributed by atoms with Crippen LogP contribution >= 0.6 is 0 Å². The monoisotopic (exact) mass is 527 g/mol. The van der Waals surface area contributed by atoms with Crippen LogP contribution in [0.5, 0.6) is 0 Å². The summed E-state index contributed by atoms with van der Waals surface area (Å²) in [5.74, 6) is -0.592. The third-order valence-electron chi connectivity index (χ3n) is 6.41. The molecular formula is C30H30FN5O3. The summed E-state index contributed by atoms with van der Waals surface area (Å²) in [7, 11) is 1.53. The Morgan fingerprint density at radius 2 is 1.74 bits per heavy atom. The van der Waals surface area contributed by atoms with E-state index in [1.165, 1.54) is 24.1 Å². The van der Waals surface area contributed by atoms with Crippen LogP contribution in [-0.4, -0.2) is 60.1 Å². The highest BCUT2D eigenvalue weighted by Gasteiger charge is 2.22. The van der Waals surface area contributed by atoms with Crippen molar-refractivity contribution < 1.29 is 18.7 Å². The number of benzene rings is 3. The second-order valence-electron chi connectivity index (χ2n) is 9.08. The minimum Gasteiger partial charge on any atom is -0.383 e. The average Bonchev–Trinajstić information content (AvgIpc) is 3.37. The van der Waals surface area contributed by atoms with Crippen LogP contribution < -0.4 is 5.32 Å². The van der Waals surface area contributed by atoms with Gasteiger partial charge in [-0.1, -0.05) is 30.3 Å². The maximum absolute atomic E-state index is 13.6. The molecular weight excluding hydrogens is 497 g/mol. The Morgan fingerprint density at radius 3 is 2.46 bits per heavy atom. The second kappa shape index (κ2) is 13.2. The van der Waals surface area contributed by atoms with Gasteiger partial charge in [-0.05, 0) is 60.0 Å². The van der Waals surface area contributed by atoms with Crippen LogP contribution in [0.3, 0.4) is 0 Å². The van der Waals surface area contributed by atoms with Gasteiger partial charge in [-0.15, -0.1) is 0 Å². The van der Waals surface area contributed by atoms with Crippen LogP contribution in [-0.2, 0) is 22.5 Å². The number of carbonyl (C=O) groups is 2. The third kappa shape index (κ3) is 7.43. The number of rotatable bonds is 11. The van der Waals surface area contributed by atoms with Gasteiger partial charge in [-0.25, -0.2) is 9.18 Å². The molecule has 0 aliphatic rings. The number of methoxy groups -OCH3 is 1. The Bertz CT molecular complexity index is 1440. The van der Waals surface area contributed by atoms with E-state index in [0.29, 0.717) is 24.2 Å². The molecule has 8 nitrogen and oxygen atoms in total. The lowest BCUT2D eigenvalue weighted by atomic mass is 10.1. The number of carbonyl (C=O) groups excluding carboxylic acids is 2. The Kier molecular flexibility index (Phi) is 9.27. The number of H-pyrrole nitrogens is 1. The maximum Gasteiger partial charge on any atom is 0.322 e. The molecule has 0 fully saturated rings. The lowest BCUT2D eigenvalue weighted by Gasteiger charge is -2.28. The maximum atomic E-state index is 13.6. The summed E-state index contributed by atoms with van der Waals surface area (Å²) in [4.78, 5) is 33.0. The first kappa shape index (κ1) is 27.4. The first-order valence-electron chi connectivity index (χ1n) is 12.6. The van der Waals surface area contributed by atoms with Gasteiger partial charge in [0.05, 0.1) is 18.2 Å². The number of anilines is 1. The van der Waals surface area contributed by atoms with Gasteiger partial charge in [-0.2, -0.15) is 5.26 Å². The van der Waals surface area contributed by atoms with Crippen molar-refractivity contribution in [2.45, 2.75) is 13.0 Å². The molecule has 0 spiro atoms. The van der Waals surface area contributed by atoms with Crippen molar-refractivity contribution in [3.8, 4) is 6.07 Å². The van der Waals surface area contributed by atoms with Gasteiger partial charge in [0.1, 0.15) is 12.4 Å². The predicted octanol–water partition coefficient (Wildman–Crippen LogP) is 4.93. The summed E-state index contributed by atoms with van der Waals surface area (Å²) in [6, 6.07) is 22.1. The van der Waals surface area contributed by atoms with Crippen molar-refractivity contribution in [2.75, 3.05) is 38.7 Å².